The molecule has 5 rings (SSSR count). The zero-order valence-electron chi connectivity index (χ0n) is 15.4. The Hall–Kier alpha value is -3.67. The Bertz CT molecular complexity index is 1160. The summed E-state index contributed by atoms with van der Waals surface area (Å²) in [7, 11) is 0. The Morgan fingerprint density at radius 3 is 2.48 bits per heavy atom. The van der Waals surface area contributed by atoms with Gasteiger partial charge in [-0.1, -0.05) is 42.5 Å². The largest absolute Gasteiger partial charge is 0.478 e. The van der Waals surface area contributed by atoms with Crippen molar-refractivity contribution in [2.75, 3.05) is 5.32 Å². The highest BCUT2D eigenvalue weighted by molar-refractivity contribution is 5.90. The van der Waals surface area contributed by atoms with Crippen LogP contribution < -0.4 is 5.32 Å². The van der Waals surface area contributed by atoms with Crippen LogP contribution in [0.1, 0.15) is 44.6 Å². The molecule has 1 aliphatic heterocycles. The molecule has 0 fully saturated rings. The zero-order chi connectivity index (χ0) is 20.1. The van der Waals surface area contributed by atoms with Crippen molar-refractivity contribution in [3.05, 3.63) is 105 Å². The topological polar surface area (TPSA) is 92.5 Å². The van der Waals surface area contributed by atoms with Gasteiger partial charge in [-0.05, 0) is 46.7 Å². The summed E-state index contributed by atoms with van der Waals surface area (Å²) >= 11 is 0. The Labute approximate surface area is 167 Å². The molecule has 2 aliphatic rings. The van der Waals surface area contributed by atoms with E-state index in [1.54, 1.807) is 24.3 Å². The minimum atomic E-state index is -0.955. The van der Waals surface area contributed by atoms with Gasteiger partial charge in [-0.3, -0.25) is 10.1 Å². The third-order valence-corrected chi connectivity index (χ3v) is 6.12. The van der Waals surface area contributed by atoms with Crippen LogP contribution >= 0.6 is 0 Å². The molecule has 29 heavy (non-hydrogen) atoms. The van der Waals surface area contributed by atoms with Gasteiger partial charge in [0.25, 0.3) is 5.69 Å². The number of hydrogen-bond acceptors (Lipinski definition) is 4. The number of nitro groups is 1. The van der Waals surface area contributed by atoms with Gasteiger partial charge in [-0.2, -0.15) is 0 Å². The molecular weight excluding hydrogens is 368 g/mol. The van der Waals surface area contributed by atoms with Crippen molar-refractivity contribution < 1.29 is 14.8 Å². The van der Waals surface area contributed by atoms with E-state index in [0.717, 1.165) is 23.2 Å². The SMILES string of the molecule is O=C(O)c1ccccc1[C@@H]1Nc2ccc([N+](=O)[O-])cc2[C@@H]2c3ccccc3C[C@@H]21. The van der Waals surface area contributed by atoms with Crippen LogP contribution in [0.4, 0.5) is 11.4 Å². The molecule has 1 heterocycles. The van der Waals surface area contributed by atoms with Crippen molar-refractivity contribution in [1.29, 1.82) is 0 Å². The second kappa shape index (κ2) is 6.44. The van der Waals surface area contributed by atoms with Crippen LogP contribution in [0.3, 0.4) is 0 Å². The quantitative estimate of drug-likeness (QED) is 0.500. The average Bonchev–Trinajstić information content (AvgIpc) is 3.12. The Morgan fingerprint density at radius 1 is 1.00 bits per heavy atom. The summed E-state index contributed by atoms with van der Waals surface area (Å²) in [6.07, 6.45) is 0.786. The molecule has 0 bridgehead atoms. The first-order chi connectivity index (χ1) is 14.0. The van der Waals surface area contributed by atoms with Crippen LogP contribution in [-0.2, 0) is 6.42 Å². The number of fused-ring (bicyclic) bond motifs is 5. The van der Waals surface area contributed by atoms with Gasteiger partial charge in [0.1, 0.15) is 0 Å². The molecule has 3 aromatic carbocycles. The lowest BCUT2D eigenvalue weighted by Gasteiger charge is -2.38. The van der Waals surface area contributed by atoms with Gasteiger partial charge in [-0.15, -0.1) is 0 Å². The molecule has 0 radical (unpaired) electrons. The van der Waals surface area contributed by atoms with E-state index in [9.17, 15) is 20.0 Å². The van der Waals surface area contributed by atoms with Gasteiger partial charge in [0.15, 0.2) is 0 Å². The number of nitro benzene ring substituents is 1. The maximum atomic E-state index is 11.8. The van der Waals surface area contributed by atoms with Gasteiger partial charge >= 0.3 is 5.97 Å². The molecule has 6 nitrogen and oxygen atoms in total. The summed E-state index contributed by atoms with van der Waals surface area (Å²) in [6, 6.07) is 19.9. The lowest BCUT2D eigenvalue weighted by atomic mass is 9.75. The molecule has 6 heteroatoms. The summed E-state index contributed by atoms with van der Waals surface area (Å²) in [5.74, 6) is -0.902. The first-order valence-electron chi connectivity index (χ1n) is 9.49. The summed E-state index contributed by atoms with van der Waals surface area (Å²) in [5.41, 5.74) is 5.19. The number of non-ortho nitro benzene ring substituents is 1. The minimum absolute atomic E-state index is 0.0193. The van der Waals surface area contributed by atoms with E-state index in [0.29, 0.717) is 0 Å². The van der Waals surface area contributed by atoms with E-state index in [2.05, 4.69) is 17.4 Å². The van der Waals surface area contributed by atoms with E-state index in [4.69, 9.17) is 0 Å². The van der Waals surface area contributed by atoms with E-state index < -0.39 is 5.97 Å². The number of carboxylic acid groups (broad SMARTS) is 1. The zero-order valence-corrected chi connectivity index (χ0v) is 15.4. The van der Waals surface area contributed by atoms with Crippen LogP contribution in [0, 0.1) is 16.0 Å². The summed E-state index contributed by atoms with van der Waals surface area (Å²) in [6.45, 7) is 0. The highest BCUT2D eigenvalue weighted by Crippen LogP contribution is 2.54. The lowest BCUT2D eigenvalue weighted by Crippen LogP contribution is -2.31. The van der Waals surface area contributed by atoms with E-state index in [1.807, 2.05) is 24.3 Å². The van der Waals surface area contributed by atoms with Crippen molar-refractivity contribution in [2.24, 2.45) is 5.92 Å². The fraction of sp³-hybridized carbons (Fsp3) is 0.174. The molecule has 0 saturated carbocycles. The van der Waals surface area contributed by atoms with Crippen molar-refractivity contribution in [1.82, 2.24) is 0 Å². The number of hydrogen-bond donors (Lipinski definition) is 2. The Kier molecular flexibility index (Phi) is 3.87. The Balaban J connectivity index is 1.71. The standard InChI is InChI=1S/C23H18N2O4/c26-23(27)17-8-4-3-7-16(17)22-19-11-13-5-1-2-6-15(13)21(19)18-12-14(25(28)29)9-10-20(18)24-22/h1-10,12,19,21-22,24H,11H2,(H,26,27)/t19-,21-,22-/m0/s1. The first kappa shape index (κ1) is 17.4. The van der Waals surface area contributed by atoms with Crippen LogP contribution in [0.2, 0.25) is 0 Å². The normalized spacial score (nSPS) is 21.4. The summed E-state index contributed by atoms with van der Waals surface area (Å²) < 4.78 is 0. The van der Waals surface area contributed by atoms with E-state index in [1.165, 1.54) is 17.2 Å². The monoisotopic (exact) mass is 386 g/mol. The number of benzene rings is 3. The van der Waals surface area contributed by atoms with Crippen LogP contribution in [0.25, 0.3) is 0 Å². The van der Waals surface area contributed by atoms with Gasteiger partial charge in [0.05, 0.1) is 16.5 Å². The summed E-state index contributed by atoms with van der Waals surface area (Å²) in [5, 5.41) is 24.5. The van der Waals surface area contributed by atoms with Crippen molar-refractivity contribution in [2.45, 2.75) is 18.4 Å². The van der Waals surface area contributed by atoms with E-state index in [-0.39, 0.29) is 34.1 Å². The predicted octanol–water partition coefficient (Wildman–Crippen LogP) is 4.76. The number of rotatable bonds is 3. The van der Waals surface area contributed by atoms with Crippen LogP contribution in [0.15, 0.2) is 66.7 Å². The molecular formula is C23H18N2O4. The Morgan fingerprint density at radius 2 is 1.72 bits per heavy atom. The number of nitrogens with zero attached hydrogens (tertiary/aromatic N) is 1. The van der Waals surface area contributed by atoms with Gasteiger partial charge < -0.3 is 10.4 Å². The molecule has 144 valence electrons. The lowest BCUT2D eigenvalue weighted by molar-refractivity contribution is -0.384. The number of carboxylic acids is 1. The maximum Gasteiger partial charge on any atom is 0.336 e. The summed E-state index contributed by atoms with van der Waals surface area (Å²) in [4.78, 5) is 22.8. The highest BCUT2D eigenvalue weighted by Gasteiger charge is 2.44. The molecule has 0 spiro atoms. The first-order valence-corrected chi connectivity index (χ1v) is 9.49. The van der Waals surface area contributed by atoms with Gasteiger partial charge in [0, 0.05) is 23.7 Å². The average molecular weight is 386 g/mol. The molecule has 3 atom stereocenters. The van der Waals surface area contributed by atoms with Gasteiger partial charge in [0.2, 0.25) is 0 Å². The molecule has 2 N–H and O–H groups in total. The fourth-order valence-corrected chi connectivity index (χ4v) is 4.93. The van der Waals surface area contributed by atoms with Crippen molar-refractivity contribution in [3.8, 4) is 0 Å². The van der Waals surface area contributed by atoms with Gasteiger partial charge in [-0.25, -0.2) is 4.79 Å². The molecule has 0 amide bonds. The molecule has 0 unspecified atom stereocenters. The third kappa shape index (κ3) is 2.68. The van der Waals surface area contributed by atoms with Crippen molar-refractivity contribution >= 4 is 17.3 Å². The molecule has 0 aromatic heterocycles. The fourth-order valence-electron chi connectivity index (χ4n) is 4.93. The molecule has 0 saturated heterocycles. The predicted molar refractivity (Wildman–Crippen MR) is 108 cm³/mol. The number of nitrogens with one attached hydrogen (secondary N) is 1. The smallest absolute Gasteiger partial charge is 0.336 e. The van der Waals surface area contributed by atoms with Crippen LogP contribution in [0.5, 0.6) is 0 Å². The highest BCUT2D eigenvalue weighted by atomic mass is 16.6. The van der Waals surface area contributed by atoms with E-state index >= 15 is 0 Å². The number of aromatic carboxylic acids is 1. The minimum Gasteiger partial charge on any atom is -0.478 e. The second-order valence-corrected chi connectivity index (χ2v) is 7.59. The molecule has 1 aliphatic carbocycles. The third-order valence-electron chi connectivity index (χ3n) is 6.12. The second-order valence-electron chi connectivity index (χ2n) is 7.59. The van der Waals surface area contributed by atoms with Crippen molar-refractivity contribution in [3.63, 3.8) is 0 Å². The number of anilines is 1. The maximum absolute atomic E-state index is 11.8. The number of carbonyl (C=O) groups is 1. The van der Waals surface area contributed by atoms with Crippen LogP contribution in [-0.4, -0.2) is 16.0 Å². The molecule has 3 aromatic rings.